The molecule has 1 aromatic carbocycles. The molecular weight excluding hydrogens is 314 g/mol. The summed E-state index contributed by atoms with van der Waals surface area (Å²) in [4.78, 5) is 13.8. The number of benzene rings is 1. The first-order valence-electron chi connectivity index (χ1n) is 7.97. The first-order valence-corrected chi connectivity index (χ1v) is 9.41. The second kappa shape index (κ2) is 5.89. The third-order valence-corrected chi connectivity index (χ3v) is 6.69. The molecule has 2 aliphatic heterocycles. The zero-order valence-electron chi connectivity index (χ0n) is 13.5. The second-order valence-corrected chi connectivity index (χ2v) is 8.42. The lowest BCUT2D eigenvalue weighted by Crippen LogP contribution is -2.33. The highest BCUT2D eigenvalue weighted by atomic mass is 32.2. The Balaban J connectivity index is 1.91. The van der Waals surface area contributed by atoms with Crippen LogP contribution >= 0.6 is 0 Å². The molecule has 1 fully saturated rings. The molecule has 2 aliphatic rings. The van der Waals surface area contributed by atoms with Crippen molar-refractivity contribution in [1.82, 2.24) is 4.31 Å². The maximum atomic E-state index is 12.8. The van der Waals surface area contributed by atoms with Crippen molar-refractivity contribution in [3.8, 4) is 0 Å². The van der Waals surface area contributed by atoms with E-state index >= 15 is 0 Å². The summed E-state index contributed by atoms with van der Waals surface area (Å²) in [5.41, 5.74) is 7.40. The number of hydrogen-bond acceptors (Lipinski definition) is 4. The van der Waals surface area contributed by atoms with E-state index in [0.29, 0.717) is 31.0 Å². The SMILES string of the molecule is CC(=O)N1c2ccc(S(=O)(=O)N3CCC(CN)C3)cc2CC1C. The van der Waals surface area contributed by atoms with E-state index in [0.717, 1.165) is 17.7 Å². The van der Waals surface area contributed by atoms with Crippen LogP contribution in [0, 0.1) is 5.92 Å². The van der Waals surface area contributed by atoms with E-state index in [2.05, 4.69) is 0 Å². The second-order valence-electron chi connectivity index (χ2n) is 6.49. The molecule has 2 N–H and O–H groups in total. The normalized spacial score (nSPS) is 24.9. The van der Waals surface area contributed by atoms with E-state index in [1.54, 1.807) is 23.1 Å². The van der Waals surface area contributed by atoms with Gasteiger partial charge in [-0.25, -0.2) is 8.42 Å². The molecule has 1 saturated heterocycles. The Hall–Kier alpha value is -1.44. The maximum Gasteiger partial charge on any atom is 0.243 e. The van der Waals surface area contributed by atoms with Gasteiger partial charge in [-0.3, -0.25) is 4.79 Å². The maximum absolute atomic E-state index is 12.8. The van der Waals surface area contributed by atoms with Crippen LogP contribution in [0.1, 0.15) is 25.8 Å². The van der Waals surface area contributed by atoms with Gasteiger partial charge in [0.1, 0.15) is 0 Å². The molecule has 0 bridgehead atoms. The number of sulfonamides is 1. The van der Waals surface area contributed by atoms with E-state index in [1.807, 2.05) is 6.92 Å². The Kier molecular flexibility index (Phi) is 4.20. The summed E-state index contributed by atoms with van der Waals surface area (Å²) in [7, 11) is -3.48. The quantitative estimate of drug-likeness (QED) is 0.890. The Morgan fingerprint density at radius 1 is 1.39 bits per heavy atom. The molecule has 7 heteroatoms. The van der Waals surface area contributed by atoms with Gasteiger partial charge < -0.3 is 10.6 Å². The van der Waals surface area contributed by atoms with E-state index < -0.39 is 10.0 Å². The fourth-order valence-corrected chi connectivity index (χ4v) is 5.19. The Morgan fingerprint density at radius 3 is 2.74 bits per heavy atom. The summed E-state index contributed by atoms with van der Waals surface area (Å²) in [5, 5.41) is 0. The first-order chi connectivity index (χ1) is 10.8. The number of hydrogen-bond donors (Lipinski definition) is 1. The number of nitrogens with zero attached hydrogens (tertiary/aromatic N) is 2. The summed E-state index contributed by atoms with van der Waals surface area (Å²) in [5.74, 6) is 0.226. The smallest absolute Gasteiger partial charge is 0.243 e. The summed E-state index contributed by atoms with van der Waals surface area (Å²) in [6, 6.07) is 5.15. The van der Waals surface area contributed by atoms with Crippen molar-refractivity contribution in [3.05, 3.63) is 23.8 Å². The van der Waals surface area contributed by atoms with Gasteiger partial charge in [0.25, 0.3) is 0 Å². The van der Waals surface area contributed by atoms with Crippen LogP contribution in [0.3, 0.4) is 0 Å². The first kappa shape index (κ1) is 16.4. The lowest BCUT2D eigenvalue weighted by molar-refractivity contribution is -0.116. The predicted octanol–water partition coefficient (Wildman–Crippen LogP) is 0.953. The summed E-state index contributed by atoms with van der Waals surface area (Å²) < 4.78 is 27.1. The standard InChI is InChI=1S/C16H23N3O3S/c1-11-7-14-8-15(3-4-16(14)19(11)12(2)20)23(21,22)18-6-5-13(9-17)10-18/h3-4,8,11,13H,5-7,9-10,17H2,1-2H3. The van der Waals surface area contributed by atoms with Crippen molar-refractivity contribution >= 4 is 21.6 Å². The van der Waals surface area contributed by atoms with Gasteiger partial charge in [-0.05, 0) is 56.0 Å². The Labute approximate surface area is 137 Å². The predicted molar refractivity (Wildman–Crippen MR) is 88.7 cm³/mol. The zero-order valence-corrected chi connectivity index (χ0v) is 14.3. The number of fused-ring (bicyclic) bond motifs is 1. The minimum absolute atomic E-state index is 0.0165. The zero-order chi connectivity index (χ0) is 16.8. The van der Waals surface area contributed by atoms with E-state index in [1.165, 1.54) is 11.2 Å². The van der Waals surface area contributed by atoms with Crippen LogP contribution in [0.2, 0.25) is 0 Å². The molecule has 0 saturated carbocycles. The number of nitrogens with two attached hydrogens (primary N) is 1. The van der Waals surface area contributed by atoms with E-state index in [4.69, 9.17) is 5.73 Å². The fourth-order valence-electron chi connectivity index (χ4n) is 3.60. The minimum Gasteiger partial charge on any atom is -0.330 e. The third kappa shape index (κ3) is 2.77. The number of amides is 1. The molecule has 6 nitrogen and oxygen atoms in total. The van der Waals surface area contributed by atoms with Crippen LogP contribution in [-0.2, 0) is 21.2 Å². The van der Waals surface area contributed by atoms with Crippen LogP contribution in [0.25, 0.3) is 0 Å². The van der Waals surface area contributed by atoms with Gasteiger partial charge in [-0.2, -0.15) is 4.31 Å². The highest BCUT2D eigenvalue weighted by Crippen LogP contribution is 2.35. The van der Waals surface area contributed by atoms with E-state index in [9.17, 15) is 13.2 Å². The third-order valence-electron chi connectivity index (χ3n) is 4.83. The van der Waals surface area contributed by atoms with Crippen molar-refractivity contribution < 1.29 is 13.2 Å². The van der Waals surface area contributed by atoms with Crippen molar-refractivity contribution in [2.45, 2.75) is 37.6 Å². The van der Waals surface area contributed by atoms with Gasteiger partial charge in [-0.15, -0.1) is 0 Å². The molecule has 0 radical (unpaired) electrons. The molecule has 1 aromatic rings. The molecular formula is C16H23N3O3S. The van der Waals surface area contributed by atoms with Crippen molar-refractivity contribution in [1.29, 1.82) is 0 Å². The highest BCUT2D eigenvalue weighted by molar-refractivity contribution is 7.89. The van der Waals surface area contributed by atoms with Gasteiger partial charge in [0.15, 0.2) is 0 Å². The molecule has 3 rings (SSSR count). The molecule has 2 heterocycles. The highest BCUT2D eigenvalue weighted by Gasteiger charge is 2.34. The Morgan fingerprint density at radius 2 is 2.13 bits per heavy atom. The Bertz CT molecular complexity index is 732. The van der Waals surface area contributed by atoms with Gasteiger partial charge in [0.2, 0.25) is 15.9 Å². The van der Waals surface area contributed by atoms with Crippen LogP contribution in [0.15, 0.2) is 23.1 Å². The van der Waals surface area contributed by atoms with Gasteiger partial charge in [0, 0.05) is 31.7 Å². The average molecular weight is 337 g/mol. The van der Waals surface area contributed by atoms with Crippen LogP contribution in [-0.4, -0.2) is 44.3 Å². The summed E-state index contributed by atoms with van der Waals surface area (Å²) >= 11 is 0. The van der Waals surface area contributed by atoms with Crippen LogP contribution in [0.5, 0.6) is 0 Å². The molecule has 2 unspecified atom stereocenters. The molecule has 1 amide bonds. The number of rotatable bonds is 3. The van der Waals surface area contributed by atoms with Crippen molar-refractivity contribution in [2.24, 2.45) is 11.7 Å². The van der Waals surface area contributed by atoms with Crippen LogP contribution in [0.4, 0.5) is 5.69 Å². The molecule has 23 heavy (non-hydrogen) atoms. The molecule has 0 aromatic heterocycles. The number of carbonyl (C=O) groups is 1. The summed E-state index contributed by atoms with van der Waals surface area (Å²) in [6.45, 7) is 5.04. The van der Waals surface area contributed by atoms with Crippen LogP contribution < -0.4 is 10.6 Å². The number of anilines is 1. The minimum atomic E-state index is -3.48. The van der Waals surface area contributed by atoms with Gasteiger partial charge >= 0.3 is 0 Å². The molecule has 0 spiro atoms. The monoisotopic (exact) mass is 337 g/mol. The van der Waals surface area contributed by atoms with Crippen molar-refractivity contribution in [2.75, 3.05) is 24.5 Å². The number of carbonyl (C=O) groups excluding carboxylic acids is 1. The van der Waals surface area contributed by atoms with Crippen molar-refractivity contribution in [3.63, 3.8) is 0 Å². The topological polar surface area (TPSA) is 83.7 Å². The van der Waals surface area contributed by atoms with E-state index in [-0.39, 0.29) is 17.9 Å². The fraction of sp³-hybridized carbons (Fsp3) is 0.562. The average Bonchev–Trinajstić information content (AvgIpc) is 3.09. The van der Waals surface area contributed by atoms with Gasteiger partial charge in [0.05, 0.1) is 4.90 Å². The lowest BCUT2D eigenvalue weighted by Gasteiger charge is -2.21. The lowest BCUT2D eigenvalue weighted by atomic mass is 10.1. The molecule has 0 aliphatic carbocycles. The summed E-state index contributed by atoms with van der Waals surface area (Å²) in [6.07, 6.45) is 1.50. The van der Waals surface area contributed by atoms with Gasteiger partial charge in [-0.1, -0.05) is 0 Å². The largest absolute Gasteiger partial charge is 0.330 e. The molecule has 2 atom stereocenters. The molecule has 126 valence electrons.